The van der Waals surface area contributed by atoms with Crippen molar-refractivity contribution in [1.82, 2.24) is 5.32 Å². The Balaban J connectivity index is 2.13. The molecule has 0 unspecified atom stereocenters. The molecule has 0 aromatic heterocycles. The fraction of sp³-hybridized carbons (Fsp3) is 0.250. The van der Waals surface area contributed by atoms with Crippen molar-refractivity contribution >= 4 is 39.3 Å². The van der Waals surface area contributed by atoms with Crippen molar-refractivity contribution in [2.45, 2.75) is 16.3 Å². The molecule has 2 rings (SSSR count). The van der Waals surface area contributed by atoms with Crippen LogP contribution in [0.2, 0.25) is 5.02 Å². The second-order valence-electron chi connectivity index (χ2n) is 4.45. The van der Waals surface area contributed by atoms with Crippen molar-refractivity contribution in [2.24, 2.45) is 0 Å². The van der Waals surface area contributed by atoms with Gasteiger partial charge in [0.25, 0.3) is 0 Å². The molecule has 0 radical (unpaired) electrons. The lowest BCUT2D eigenvalue weighted by molar-refractivity contribution is 0.199. The Labute approximate surface area is 143 Å². The van der Waals surface area contributed by atoms with E-state index in [2.05, 4.69) is 39.4 Å². The average molecular weight is 387 g/mol. The molecule has 0 fully saturated rings. The smallest absolute Gasteiger partial charge is 0.0587 e. The predicted octanol–water partition coefficient (Wildman–Crippen LogP) is 4.99. The van der Waals surface area contributed by atoms with E-state index in [0.29, 0.717) is 6.61 Å². The van der Waals surface area contributed by atoms with Gasteiger partial charge in [-0.1, -0.05) is 51.4 Å². The predicted molar refractivity (Wildman–Crippen MR) is 93.3 cm³/mol. The van der Waals surface area contributed by atoms with E-state index in [0.717, 1.165) is 28.1 Å². The molecule has 112 valence electrons. The number of methoxy groups -OCH3 is 1. The summed E-state index contributed by atoms with van der Waals surface area (Å²) >= 11 is 11.6. The first-order valence-corrected chi connectivity index (χ1v) is 8.60. The highest BCUT2D eigenvalue weighted by atomic mass is 79.9. The third kappa shape index (κ3) is 5.31. The van der Waals surface area contributed by atoms with Crippen molar-refractivity contribution in [1.29, 1.82) is 0 Å². The van der Waals surface area contributed by atoms with E-state index in [4.69, 9.17) is 16.3 Å². The lowest BCUT2D eigenvalue weighted by atomic mass is 10.2. The summed E-state index contributed by atoms with van der Waals surface area (Å²) in [5, 5.41) is 4.14. The van der Waals surface area contributed by atoms with Crippen molar-refractivity contribution in [3.8, 4) is 0 Å². The van der Waals surface area contributed by atoms with Gasteiger partial charge in [0.15, 0.2) is 0 Å². The van der Waals surface area contributed by atoms with E-state index in [9.17, 15) is 0 Å². The number of rotatable bonds is 7. The molecule has 1 N–H and O–H groups in total. The van der Waals surface area contributed by atoms with Crippen molar-refractivity contribution in [3.63, 3.8) is 0 Å². The van der Waals surface area contributed by atoms with Gasteiger partial charge in [-0.25, -0.2) is 0 Å². The quantitative estimate of drug-likeness (QED) is 0.677. The van der Waals surface area contributed by atoms with Crippen molar-refractivity contribution in [3.05, 3.63) is 57.5 Å². The fourth-order valence-electron chi connectivity index (χ4n) is 1.85. The van der Waals surface area contributed by atoms with Crippen molar-refractivity contribution < 1.29 is 4.74 Å². The van der Waals surface area contributed by atoms with E-state index in [-0.39, 0.29) is 0 Å². The number of ether oxygens (including phenoxy) is 1. The molecule has 0 saturated heterocycles. The first-order valence-electron chi connectivity index (χ1n) is 6.61. The monoisotopic (exact) mass is 385 g/mol. The number of hydrogen-bond acceptors (Lipinski definition) is 3. The average Bonchev–Trinajstić information content (AvgIpc) is 2.46. The van der Waals surface area contributed by atoms with E-state index in [1.165, 1.54) is 9.79 Å². The first-order chi connectivity index (χ1) is 10.2. The van der Waals surface area contributed by atoms with Crippen LogP contribution in [0.3, 0.4) is 0 Å². The van der Waals surface area contributed by atoms with Gasteiger partial charge in [0.2, 0.25) is 0 Å². The largest absolute Gasteiger partial charge is 0.383 e. The van der Waals surface area contributed by atoms with Crippen LogP contribution in [-0.4, -0.2) is 20.3 Å². The highest BCUT2D eigenvalue weighted by Gasteiger charge is 2.08. The summed E-state index contributed by atoms with van der Waals surface area (Å²) in [5.74, 6) is 0. The van der Waals surface area contributed by atoms with Gasteiger partial charge in [0.05, 0.1) is 6.61 Å². The normalized spacial score (nSPS) is 10.8. The molecule has 0 aliphatic rings. The Bertz CT molecular complexity index is 594. The van der Waals surface area contributed by atoms with Crippen LogP contribution in [0.5, 0.6) is 0 Å². The number of nitrogens with one attached hydrogen (secondary N) is 1. The summed E-state index contributed by atoms with van der Waals surface area (Å²) in [6.45, 7) is 2.24. The molecular weight excluding hydrogens is 370 g/mol. The summed E-state index contributed by atoms with van der Waals surface area (Å²) in [7, 11) is 1.70. The number of hydrogen-bond donors (Lipinski definition) is 1. The minimum atomic E-state index is 0.693. The van der Waals surface area contributed by atoms with Crippen LogP contribution in [0.15, 0.2) is 56.7 Å². The standard InChI is InChI=1S/C16H17BrClNOS/c1-20-9-8-19-11-14-15(18)6-3-7-16(14)21-13-5-2-4-12(17)10-13/h2-7,10,19H,8-9,11H2,1H3. The Hall–Kier alpha value is -0.520. The Morgan fingerprint density at radius 2 is 2.05 bits per heavy atom. The summed E-state index contributed by atoms with van der Waals surface area (Å²) < 4.78 is 6.12. The zero-order chi connectivity index (χ0) is 15.1. The summed E-state index contributed by atoms with van der Waals surface area (Å²) in [4.78, 5) is 2.36. The molecule has 0 atom stereocenters. The van der Waals surface area contributed by atoms with Crippen LogP contribution in [0.25, 0.3) is 0 Å². The van der Waals surface area contributed by atoms with E-state index in [1.54, 1.807) is 18.9 Å². The maximum absolute atomic E-state index is 6.35. The third-order valence-electron chi connectivity index (χ3n) is 2.88. The van der Waals surface area contributed by atoms with Crippen LogP contribution in [-0.2, 0) is 11.3 Å². The minimum absolute atomic E-state index is 0.693. The molecule has 0 aliphatic heterocycles. The van der Waals surface area contributed by atoms with Crippen molar-refractivity contribution in [2.75, 3.05) is 20.3 Å². The molecule has 0 spiro atoms. The molecule has 2 nitrogen and oxygen atoms in total. The summed E-state index contributed by atoms with van der Waals surface area (Å²) in [6, 6.07) is 14.3. The highest BCUT2D eigenvalue weighted by molar-refractivity contribution is 9.10. The topological polar surface area (TPSA) is 21.3 Å². The van der Waals surface area contributed by atoms with Gasteiger partial charge < -0.3 is 10.1 Å². The van der Waals surface area contributed by atoms with Gasteiger partial charge in [-0.15, -0.1) is 0 Å². The molecule has 2 aromatic rings. The second kappa shape index (κ2) is 8.81. The van der Waals surface area contributed by atoms with Crippen LogP contribution >= 0.6 is 39.3 Å². The third-order valence-corrected chi connectivity index (χ3v) is 4.82. The lowest BCUT2D eigenvalue weighted by Crippen LogP contribution is -2.19. The summed E-state index contributed by atoms with van der Waals surface area (Å²) in [6.07, 6.45) is 0. The lowest BCUT2D eigenvalue weighted by Gasteiger charge is -2.12. The zero-order valence-corrected chi connectivity index (χ0v) is 14.9. The Morgan fingerprint density at radius 3 is 2.81 bits per heavy atom. The van der Waals surface area contributed by atoms with Gasteiger partial charge >= 0.3 is 0 Å². The molecular formula is C16H17BrClNOS. The summed E-state index contributed by atoms with van der Waals surface area (Å²) in [5.41, 5.74) is 1.13. The highest BCUT2D eigenvalue weighted by Crippen LogP contribution is 2.34. The van der Waals surface area contributed by atoms with E-state index < -0.39 is 0 Å². The molecule has 0 aliphatic carbocycles. The van der Waals surface area contributed by atoms with Gasteiger partial charge in [0.1, 0.15) is 0 Å². The zero-order valence-electron chi connectivity index (χ0n) is 11.7. The molecule has 0 saturated carbocycles. The van der Waals surface area contributed by atoms with Gasteiger partial charge in [0, 0.05) is 39.5 Å². The Morgan fingerprint density at radius 1 is 1.24 bits per heavy atom. The van der Waals surface area contributed by atoms with Crippen LogP contribution < -0.4 is 5.32 Å². The van der Waals surface area contributed by atoms with Crippen LogP contribution in [0, 0.1) is 0 Å². The molecule has 0 bridgehead atoms. The van der Waals surface area contributed by atoms with E-state index >= 15 is 0 Å². The van der Waals surface area contributed by atoms with Gasteiger partial charge in [-0.2, -0.15) is 0 Å². The fourth-order valence-corrected chi connectivity index (χ4v) is 3.74. The molecule has 5 heteroatoms. The first kappa shape index (κ1) is 16.8. The van der Waals surface area contributed by atoms with Gasteiger partial charge in [-0.05, 0) is 35.9 Å². The minimum Gasteiger partial charge on any atom is -0.383 e. The molecule has 2 aromatic carbocycles. The maximum atomic E-state index is 6.35. The Kier molecular flexibility index (Phi) is 7.07. The van der Waals surface area contributed by atoms with Crippen LogP contribution in [0.4, 0.5) is 0 Å². The number of halogens is 2. The maximum Gasteiger partial charge on any atom is 0.0587 e. The SMILES string of the molecule is COCCNCc1c(Cl)cccc1Sc1cccc(Br)c1. The second-order valence-corrected chi connectivity index (χ2v) is 6.88. The molecule has 21 heavy (non-hydrogen) atoms. The van der Waals surface area contributed by atoms with Gasteiger partial charge in [-0.3, -0.25) is 0 Å². The molecule has 0 heterocycles. The number of benzene rings is 2. The van der Waals surface area contributed by atoms with E-state index in [1.807, 2.05) is 24.3 Å². The van der Waals surface area contributed by atoms with Crippen LogP contribution in [0.1, 0.15) is 5.56 Å². The molecule has 0 amide bonds.